The monoisotopic (exact) mass is 232 g/mol. The zero-order chi connectivity index (χ0) is 10.3. The first-order valence-electron chi connectivity index (χ1n) is 4.03. The van der Waals surface area contributed by atoms with Crippen LogP contribution in [0.15, 0.2) is 21.7 Å². The Bertz CT molecular complexity index is 446. The molecule has 1 aromatic rings. The number of carboxylic acid groups (broad SMARTS) is 1. The average Bonchev–Trinajstić information content (AvgIpc) is 2.74. The summed E-state index contributed by atoms with van der Waals surface area (Å²) in [6.07, 6.45) is 0.246. The number of rotatable bonds is 3. The lowest BCUT2D eigenvalue weighted by Crippen LogP contribution is -2.12. The zero-order valence-electron chi connectivity index (χ0n) is 7.08. The van der Waals surface area contributed by atoms with Crippen molar-refractivity contribution in [1.82, 2.24) is 0 Å². The molecule has 0 bridgehead atoms. The highest BCUT2D eigenvalue weighted by Crippen LogP contribution is 2.41. The van der Waals surface area contributed by atoms with Gasteiger partial charge in [0.05, 0.1) is 11.2 Å². The van der Waals surface area contributed by atoms with Crippen molar-refractivity contribution in [3.8, 4) is 0 Å². The van der Waals surface area contributed by atoms with E-state index >= 15 is 0 Å². The van der Waals surface area contributed by atoms with Crippen molar-refractivity contribution in [2.24, 2.45) is 5.92 Å². The molecule has 1 heterocycles. The molecular weight excluding hydrogens is 224 g/mol. The summed E-state index contributed by atoms with van der Waals surface area (Å²) in [5.41, 5.74) is 0. The summed E-state index contributed by atoms with van der Waals surface area (Å²) < 4.78 is 23.7. The second-order valence-corrected chi connectivity index (χ2v) is 6.54. The Morgan fingerprint density at radius 3 is 2.71 bits per heavy atom. The van der Waals surface area contributed by atoms with E-state index in [1.165, 1.54) is 6.07 Å². The Hall–Kier alpha value is -0.880. The molecule has 2 unspecified atom stereocenters. The van der Waals surface area contributed by atoms with Crippen LogP contribution in [0.1, 0.15) is 6.42 Å². The molecule has 4 nitrogen and oxygen atoms in total. The van der Waals surface area contributed by atoms with Crippen molar-refractivity contribution in [2.75, 3.05) is 0 Å². The van der Waals surface area contributed by atoms with Crippen molar-refractivity contribution in [2.45, 2.75) is 15.9 Å². The third kappa shape index (κ3) is 1.44. The molecule has 76 valence electrons. The van der Waals surface area contributed by atoms with Gasteiger partial charge in [0.25, 0.3) is 0 Å². The Morgan fingerprint density at radius 1 is 1.57 bits per heavy atom. The molecule has 1 N–H and O–H groups in total. The molecule has 0 aromatic carbocycles. The molecule has 0 aliphatic heterocycles. The van der Waals surface area contributed by atoms with Gasteiger partial charge < -0.3 is 5.11 Å². The van der Waals surface area contributed by atoms with Gasteiger partial charge in [-0.15, -0.1) is 11.3 Å². The highest BCUT2D eigenvalue weighted by Gasteiger charge is 2.52. The van der Waals surface area contributed by atoms with Gasteiger partial charge in [-0.25, -0.2) is 8.42 Å². The van der Waals surface area contributed by atoms with Crippen LogP contribution in [0.5, 0.6) is 0 Å². The van der Waals surface area contributed by atoms with Crippen LogP contribution in [-0.4, -0.2) is 24.7 Å². The van der Waals surface area contributed by atoms with Gasteiger partial charge >= 0.3 is 5.97 Å². The first kappa shape index (κ1) is 9.67. The molecule has 0 amide bonds. The highest BCUT2D eigenvalue weighted by molar-refractivity contribution is 7.94. The van der Waals surface area contributed by atoms with Gasteiger partial charge in [0, 0.05) is 0 Å². The van der Waals surface area contributed by atoms with Crippen LogP contribution in [0, 0.1) is 5.92 Å². The molecule has 0 radical (unpaired) electrons. The second kappa shape index (κ2) is 3.06. The Labute approximate surface area is 85.1 Å². The lowest BCUT2D eigenvalue weighted by atomic mass is 10.4. The number of aliphatic carboxylic acids is 1. The number of sulfone groups is 1. The van der Waals surface area contributed by atoms with Crippen LogP contribution < -0.4 is 0 Å². The van der Waals surface area contributed by atoms with E-state index in [4.69, 9.17) is 5.11 Å². The standard InChI is InChI=1S/C8H8O4S2/c9-8(10)5-4-6(5)14(11,12)7-2-1-3-13-7/h1-3,5-6H,4H2,(H,9,10). The van der Waals surface area contributed by atoms with Crippen molar-refractivity contribution < 1.29 is 18.3 Å². The van der Waals surface area contributed by atoms with E-state index in [0.717, 1.165) is 11.3 Å². The van der Waals surface area contributed by atoms with Crippen LogP contribution in [0.25, 0.3) is 0 Å². The van der Waals surface area contributed by atoms with Crippen LogP contribution in [-0.2, 0) is 14.6 Å². The number of thiophene rings is 1. The first-order valence-corrected chi connectivity index (χ1v) is 6.46. The predicted molar refractivity (Wildman–Crippen MR) is 51.0 cm³/mol. The summed E-state index contributed by atoms with van der Waals surface area (Å²) in [4.78, 5) is 10.5. The van der Waals surface area contributed by atoms with E-state index in [1.54, 1.807) is 11.4 Å². The minimum atomic E-state index is -3.38. The molecule has 1 aliphatic rings. The Morgan fingerprint density at radius 2 is 2.29 bits per heavy atom. The molecule has 1 aromatic heterocycles. The fourth-order valence-electron chi connectivity index (χ4n) is 1.35. The third-order valence-electron chi connectivity index (χ3n) is 2.22. The molecule has 1 aliphatic carbocycles. The molecule has 6 heteroatoms. The van der Waals surface area contributed by atoms with Crippen LogP contribution in [0.3, 0.4) is 0 Å². The maximum atomic E-state index is 11.7. The topological polar surface area (TPSA) is 71.4 Å². The van der Waals surface area contributed by atoms with Gasteiger partial charge in [0.15, 0.2) is 9.84 Å². The van der Waals surface area contributed by atoms with E-state index in [1.807, 2.05) is 0 Å². The van der Waals surface area contributed by atoms with Crippen molar-refractivity contribution in [3.05, 3.63) is 17.5 Å². The number of carboxylic acids is 1. The van der Waals surface area contributed by atoms with Gasteiger partial charge in [0.1, 0.15) is 4.21 Å². The summed E-state index contributed by atoms with van der Waals surface area (Å²) in [6.45, 7) is 0. The quantitative estimate of drug-likeness (QED) is 0.843. The maximum Gasteiger partial charge on any atom is 0.307 e. The molecule has 0 saturated heterocycles. The van der Waals surface area contributed by atoms with Crippen molar-refractivity contribution in [1.29, 1.82) is 0 Å². The van der Waals surface area contributed by atoms with E-state index in [9.17, 15) is 13.2 Å². The zero-order valence-corrected chi connectivity index (χ0v) is 8.72. The molecule has 14 heavy (non-hydrogen) atoms. The smallest absolute Gasteiger partial charge is 0.307 e. The van der Waals surface area contributed by atoms with E-state index < -0.39 is 27.0 Å². The molecule has 1 fully saturated rings. The van der Waals surface area contributed by atoms with E-state index in [0.29, 0.717) is 0 Å². The normalized spacial score (nSPS) is 26.0. The summed E-state index contributed by atoms with van der Waals surface area (Å²) in [6, 6.07) is 3.16. The van der Waals surface area contributed by atoms with Crippen LogP contribution in [0.2, 0.25) is 0 Å². The second-order valence-electron chi connectivity index (χ2n) is 3.20. The first-order chi connectivity index (χ1) is 6.53. The lowest BCUT2D eigenvalue weighted by Gasteiger charge is -1.97. The Kier molecular flexibility index (Phi) is 2.11. The Balaban J connectivity index is 2.25. The largest absolute Gasteiger partial charge is 0.481 e. The van der Waals surface area contributed by atoms with E-state index in [-0.39, 0.29) is 10.6 Å². The third-order valence-corrected chi connectivity index (χ3v) is 5.89. The van der Waals surface area contributed by atoms with Gasteiger partial charge in [-0.05, 0) is 17.9 Å². The van der Waals surface area contributed by atoms with Gasteiger partial charge in [0.2, 0.25) is 0 Å². The number of hydrogen-bond acceptors (Lipinski definition) is 4. The summed E-state index contributed by atoms with van der Waals surface area (Å²) in [5, 5.41) is 9.59. The summed E-state index contributed by atoms with van der Waals surface area (Å²) >= 11 is 1.13. The molecule has 2 atom stereocenters. The minimum absolute atomic E-state index is 0.246. The molecule has 0 spiro atoms. The SMILES string of the molecule is O=C(O)C1CC1S(=O)(=O)c1cccs1. The summed E-state index contributed by atoms with van der Waals surface area (Å²) in [7, 11) is -3.38. The molecule has 2 rings (SSSR count). The van der Waals surface area contributed by atoms with Crippen molar-refractivity contribution >= 4 is 27.1 Å². The number of carbonyl (C=O) groups is 1. The fourth-order valence-corrected chi connectivity index (χ4v) is 4.45. The predicted octanol–water partition coefficient (Wildman–Crippen LogP) is 0.995. The highest BCUT2D eigenvalue weighted by atomic mass is 32.2. The van der Waals surface area contributed by atoms with Crippen LogP contribution >= 0.6 is 11.3 Å². The van der Waals surface area contributed by atoms with Crippen LogP contribution in [0.4, 0.5) is 0 Å². The van der Waals surface area contributed by atoms with E-state index in [2.05, 4.69) is 0 Å². The van der Waals surface area contributed by atoms with Gasteiger partial charge in [-0.1, -0.05) is 6.07 Å². The van der Waals surface area contributed by atoms with Gasteiger partial charge in [-0.2, -0.15) is 0 Å². The number of hydrogen-bond donors (Lipinski definition) is 1. The fraction of sp³-hybridized carbons (Fsp3) is 0.375. The van der Waals surface area contributed by atoms with Crippen molar-refractivity contribution in [3.63, 3.8) is 0 Å². The summed E-state index contributed by atoms with van der Waals surface area (Å²) in [5.74, 6) is -1.72. The lowest BCUT2D eigenvalue weighted by molar-refractivity contribution is -0.138. The average molecular weight is 232 g/mol. The molecular formula is C8H8O4S2. The van der Waals surface area contributed by atoms with Gasteiger partial charge in [-0.3, -0.25) is 4.79 Å². The maximum absolute atomic E-state index is 11.7. The molecule has 1 saturated carbocycles. The minimum Gasteiger partial charge on any atom is -0.481 e.